The zero-order chi connectivity index (χ0) is 16.3. The van der Waals surface area contributed by atoms with E-state index in [1.54, 1.807) is 0 Å². The minimum absolute atomic E-state index is 0.377. The van der Waals surface area contributed by atoms with Crippen molar-refractivity contribution in [3.8, 4) is 0 Å². The van der Waals surface area contributed by atoms with Gasteiger partial charge >= 0.3 is 0 Å². The van der Waals surface area contributed by atoms with E-state index in [9.17, 15) is 10.2 Å². The van der Waals surface area contributed by atoms with E-state index in [0.717, 1.165) is 25.7 Å². The summed E-state index contributed by atoms with van der Waals surface area (Å²) in [6, 6.07) is 0. The van der Waals surface area contributed by atoms with Crippen molar-refractivity contribution in [3.05, 3.63) is 0 Å². The van der Waals surface area contributed by atoms with Gasteiger partial charge in [0.05, 0.1) is 12.2 Å². The van der Waals surface area contributed by atoms with Crippen LogP contribution in [0.5, 0.6) is 0 Å². The highest BCUT2D eigenvalue weighted by Crippen LogP contribution is 2.37. The summed E-state index contributed by atoms with van der Waals surface area (Å²) in [7, 11) is 0. The second-order valence-electron chi connectivity index (χ2n) is 7.46. The van der Waals surface area contributed by atoms with Gasteiger partial charge in [-0.05, 0) is 19.3 Å². The number of aliphatic hydroxyl groups is 2. The van der Waals surface area contributed by atoms with Crippen molar-refractivity contribution >= 4 is 0 Å². The first-order chi connectivity index (χ1) is 10.6. The summed E-state index contributed by atoms with van der Waals surface area (Å²) in [5, 5.41) is 19.8. The predicted octanol–water partition coefficient (Wildman–Crippen LogP) is 4.29. The van der Waals surface area contributed by atoms with Crippen LogP contribution in [0.3, 0.4) is 0 Å². The van der Waals surface area contributed by atoms with Gasteiger partial charge in [-0.25, -0.2) is 0 Å². The molecule has 0 aliphatic heterocycles. The molecule has 3 heteroatoms. The van der Waals surface area contributed by atoms with Crippen LogP contribution < -0.4 is 5.73 Å². The number of rotatable bonds is 15. The Morgan fingerprint density at radius 3 is 1.73 bits per heavy atom. The molecule has 1 saturated carbocycles. The molecule has 1 aliphatic rings. The Morgan fingerprint density at radius 1 is 0.818 bits per heavy atom. The number of hydrogen-bond acceptors (Lipinski definition) is 3. The van der Waals surface area contributed by atoms with Gasteiger partial charge in [-0.2, -0.15) is 0 Å². The first kappa shape index (κ1) is 19.9. The molecular weight excluding hydrogens is 274 g/mol. The maximum Gasteiger partial charge on any atom is 0.0744 e. The standard InChI is InChI=1S/C19H39NO2/c1-2-3-4-5-6-7-8-9-10-11-12-13-17(21)16-18(22)19(20)14-15-19/h17-18,21-22H,2-16,20H2,1H3/t17-,18-/m0/s1. The van der Waals surface area contributed by atoms with Crippen molar-refractivity contribution in [2.75, 3.05) is 0 Å². The van der Waals surface area contributed by atoms with Crippen LogP contribution in [0.1, 0.15) is 103 Å². The largest absolute Gasteiger partial charge is 0.393 e. The Kier molecular flexibility index (Phi) is 10.3. The zero-order valence-corrected chi connectivity index (χ0v) is 14.7. The summed E-state index contributed by atoms with van der Waals surface area (Å²) in [6.45, 7) is 2.26. The third-order valence-corrected chi connectivity index (χ3v) is 5.13. The van der Waals surface area contributed by atoms with Crippen molar-refractivity contribution in [1.82, 2.24) is 0 Å². The molecule has 132 valence electrons. The SMILES string of the molecule is CCCCCCCCCCCCC[C@H](O)C[C@H](O)C1(N)CC1. The molecule has 0 aromatic heterocycles. The lowest BCUT2D eigenvalue weighted by Gasteiger charge is -2.20. The minimum atomic E-state index is -0.518. The summed E-state index contributed by atoms with van der Waals surface area (Å²) in [4.78, 5) is 0. The van der Waals surface area contributed by atoms with Gasteiger partial charge in [0.1, 0.15) is 0 Å². The van der Waals surface area contributed by atoms with E-state index in [0.29, 0.717) is 6.42 Å². The van der Waals surface area contributed by atoms with E-state index < -0.39 is 6.10 Å². The second kappa shape index (κ2) is 11.4. The number of unbranched alkanes of at least 4 members (excludes halogenated alkanes) is 10. The third kappa shape index (κ3) is 9.12. The van der Waals surface area contributed by atoms with Crippen molar-refractivity contribution in [3.63, 3.8) is 0 Å². The van der Waals surface area contributed by atoms with E-state index in [1.807, 2.05) is 0 Å². The van der Waals surface area contributed by atoms with Crippen molar-refractivity contribution < 1.29 is 10.2 Å². The molecule has 0 amide bonds. The fourth-order valence-corrected chi connectivity index (χ4v) is 3.13. The van der Waals surface area contributed by atoms with Crippen LogP contribution in [0, 0.1) is 0 Å². The van der Waals surface area contributed by atoms with E-state index in [2.05, 4.69) is 6.92 Å². The van der Waals surface area contributed by atoms with Gasteiger partial charge in [0, 0.05) is 12.0 Å². The van der Waals surface area contributed by atoms with Crippen LogP contribution in [-0.2, 0) is 0 Å². The second-order valence-corrected chi connectivity index (χ2v) is 7.46. The zero-order valence-electron chi connectivity index (χ0n) is 14.7. The molecule has 1 rings (SSSR count). The van der Waals surface area contributed by atoms with Crippen molar-refractivity contribution in [1.29, 1.82) is 0 Å². The molecule has 0 aromatic carbocycles. The van der Waals surface area contributed by atoms with E-state index in [-0.39, 0.29) is 11.6 Å². The number of nitrogens with two attached hydrogens (primary N) is 1. The molecule has 22 heavy (non-hydrogen) atoms. The molecule has 0 radical (unpaired) electrons. The summed E-state index contributed by atoms with van der Waals surface area (Å²) >= 11 is 0. The Hall–Kier alpha value is -0.120. The van der Waals surface area contributed by atoms with Crippen LogP contribution in [0.25, 0.3) is 0 Å². The highest BCUT2D eigenvalue weighted by atomic mass is 16.3. The van der Waals surface area contributed by atoms with Gasteiger partial charge in [0.15, 0.2) is 0 Å². The summed E-state index contributed by atoms with van der Waals surface area (Å²) in [5.41, 5.74) is 5.56. The quantitative estimate of drug-likeness (QED) is 0.395. The first-order valence-electron chi connectivity index (χ1n) is 9.73. The van der Waals surface area contributed by atoms with Crippen LogP contribution in [-0.4, -0.2) is 28.0 Å². The molecule has 0 spiro atoms. The van der Waals surface area contributed by atoms with Gasteiger partial charge in [-0.1, -0.05) is 77.6 Å². The van der Waals surface area contributed by atoms with Crippen molar-refractivity contribution in [2.45, 2.75) is 121 Å². The summed E-state index contributed by atoms with van der Waals surface area (Å²) in [5.74, 6) is 0. The van der Waals surface area contributed by atoms with Gasteiger partial charge in [0.2, 0.25) is 0 Å². The fraction of sp³-hybridized carbons (Fsp3) is 1.00. The third-order valence-electron chi connectivity index (χ3n) is 5.13. The van der Waals surface area contributed by atoms with Gasteiger partial charge in [0.25, 0.3) is 0 Å². The highest BCUT2D eigenvalue weighted by molar-refractivity contribution is 5.04. The maximum absolute atomic E-state index is 9.94. The molecule has 0 bridgehead atoms. The first-order valence-corrected chi connectivity index (χ1v) is 9.73. The Morgan fingerprint density at radius 2 is 1.27 bits per heavy atom. The van der Waals surface area contributed by atoms with Crippen LogP contribution in [0.4, 0.5) is 0 Å². The average molecular weight is 314 g/mol. The Balaban J connectivity index is 1.81. The summed E-state index contributed by atoms with van der Waals surface area (Å²) in [6.07, 6.45) is 16.7. The molecule has 4 N–H and O–H groups in total. The van der Waals surface area contributed by atoms with Crippen molar-refractivity contribution in [2.24, 2.45) is 5.73 Å². The van der Waals surface area contributed by atoms with Crippen LogP contribution >= 0.6 is 0 Å². The highest BCUT2D eigenvalue weighted by Gasteiger charge is 2.45. The molecular formula is C19H39NO2. The normalized spacial score (nSPS) is 19.1. The summed E-state index contributed by atoms with van der Waals surface area (Å²) < 4.78 is 0. The van der Waals surface area contributed by atoms with Crippen LogP contribution in [0.2, 0.25) is 0 Å². The monoisotopic (exact) mass is 313 g/mol. The number of hydrogen-bond donors (Lipinski definition) is 3. The Bertz CT molecular complexity index is 266. The molecule has 0 saturated heterocycles. The average Bonchev–Trinajstić information content (AvgIpc) is 3.24. The lowest BCUT2D eigenvalue weighted by molar-refractivity contribution is 0.0539. The van der Waals surface area contributed by atoms with E-state index in [1.165, 1.54) is 64.2 Å². The van der Waals surface area contributed by atoms with Gasteiger partial charge in [-0.15, -0.1) is 0 Å². The fourth-order valence-electron chi connectivity index (χ4n) is 3.13. The molecule has 0 heterocycles. The molecule has 0 unspecified atom stereocenters. The van der Waals surface area contributed by atoms with Crippen LogP contribution in [0.15, 0.2) is 0 Å². The lowest BCUT2D eigenvalue weighted by Crippen LogP contribution is -2.39. The molecule has 1 aliphatic carbocycles. The topological polar surface area (TPSA) is 66.5 Å². The Labute approximate surface area is 137 Å². The smallest absolute Gasteiger partial charge is 0.0744 e. The molecule has 2 atom stereocenters. The van der Waals surface area contributed by atoms with Gasteiger partial charge in [-0.3, -0.25) is 0 Å². The molecule has 3 nitrogen and oxygen atoms in total. The minimum Gasteiger partial charge on any atom is -0.393 e. The molecule has 1 fully saturated rings. The maximum atomic E-state index is 9.94. The molecule has 0 aromatic rings. The van der Waals surface area contributed by atoms with E-state index in [4.69, 9.17) is 5.73 Å². The van der Waals surface area contributed by atoms with Gasteiger partial charge < -0.3 is 15.9 Å². The number of aliphatic hydroxyl groups excluding tert-OH is 2. The lowest BCUT2D eigenvalue weighted by atomic mass is 9.99. The van der Waals surface area contributed by atoms with E-state index >= 15 is 0 Å². The predicted molar refractivity (Wildman–Crippen MR) is 93.9 cm³/mol.